The molecule has 0 aromatic rings. The average molecular weight is 316 g/mol. The third-order valence-electron chi connectivity index (χ3n) is 3.18. The van der Waals surface area contributed by atoms with E-state index in [0.717, 1.165) is 0 Å². The number of amides is 2. The molecule has 0 radical (unpaired) electrons. The van der Waals surface area contributed by atoms with Gasteiger partial charge in [-0.15, -0.1) is 0 Å². The Morgan fingerprint density at radius 2 is 1.00 bits per heavy atom. The van der Waals surface area contributed by atoms with E-state index in [-0.39, 0.29) is 37.5 Å². The predicted octanol–water partition coefficient (Wildman–Crippen LogP) is 0.413. The first-order chi connectivity index (χ1) is 10.2. The first-order valence-corrected chi connectivity index (χ1v) is 7.15. The van der Waals surface area contributed by atoms with Crippen molar-refractivity contribution < 1.29 is 29.4 Å². The summed E-state index contributed by atoms with van der Waals surface area (Å²) in [5, 5.41) is 17.0. The predicted molar refractivity (Wildman–Crippen MR) is 78.2 cm³/mol. The molecule has 0 aromatic heterocycles. The van der Waals surface area contributed by atoms with E-state index in [1.807, 2.05) is 0 Å². The van der Waals surface area contributed by atoms with Crippen LogP contribution in [0.2, 0.25) is 0 Å². The molecule has 22 heavy (non-hydrogen) atoms. The van der Waals surface area contributed by atoms with Crippen molar-refractivity contribution in [3.8, 4) is 0 Å². The van der Waals surface area contributed by atoms with Crippen LogP contribution in [-0.2, 0) is 19.2 Å². The summed E-state index contributed by atoms with van der Waals surface area (Å²) in [5.41, 5.74) is 0. The van der Waals surface area contributed by atoms with Crippen LogP contribution in [0.25, 0.3) is 0 Å². The molecule has 8 heteroatoms. The molecular weight excluding hydrogens is 292 g/mol. The maximum atomic E-state index is 11.7. The second kappa shape index (κ2) is 10.6. The number of carboxylic acid groups (broad SMARTS) is 2. The van der Waals surface area contributed by atoms with Gasteiger partial charge < -0.3 is 20.0 Å². The van der Waals surface area contributed by atoms with Crippen molar-refractivity contribution in [1.82, 2.24) is 9.80 Å². The average Bonchev–Trinajstić information content (AvgIpc) is 2.43. The zero-order chi connectivity index (χ0) is 17.1. The number of aliphatic carboxylic acids is 2. The van der Waals surface area contributed by atoms with Gasteiger partial charge in [-0.05, 0) is 12.8 Å². The molecule has 0 aromatic carbocycles. The number of hydrogen-bond donors (Lipinski definition) is 2. The SMILES string of the molecule is CN(CCN(C)C(=O)CCCC(=O)O)C(=O)CCCC(=O)O. The smallest absolute Gasteiger partial charge is 0.303 e. The molecule has 0 fully saturated rings. The molecule has 0 spiro atoms. The van der Waals surface area contributed by atoms with Crippen LogP contribution in [0.5, 0.6) is 0 Å². The van der Waals surface area contributed by atoms with Crippen LogP contribution >= 0.6 is 0 Å². The molecule has 8 nitrogen and oxygen atoms in total. The highest BCUT2D eigenvalue weighted by molar-refractivity contribution is 5.78. The Morgan fingerprint density at radius 3 is 1.27 bits per heavy atom. The summed E-state index contributed by atoms with van der Waals surface area (Å²) in [6, 6.07) is 0. The van der Waals surface area contributed by atoms with Gasteiger partial charge in [-0.3, -0.25) is 19.2 Å². The number of nitrogens with zero attached hydrogens (tertiary/aromatic N) is 2. The Kier molecular flexibility index (Phi) is 9.56. The number of likely N-dealkylation sites (N-methyl/N-ethyl adjacent to an activating group) is 2. The molecule has 2 N–H and O–H groups in total. The fraction of sp³-hybridized carbons (Fsp3) is 0.714. The molecule has 2 amide bonds. The summed E-state index contributed by atoms with van der Waals surface area (Å²) in [6.45, 7) is 0.708. The monoisotopic (exact) mass is 316 g/mol. The summed E-state index contributed by atoms with van der Waals surface area (Å²) in [7, 11) is 3.21. The molecule has 126 valence electrons. The number of carbonyl (C=O) groups excluding carboxylic acids is 2. The molecule has 0 saturated heterocycles. The Hall–Kier alpha value is -2.12. The van der Waals surface area contributed by atoms with Gasteiger partial charge >= 0.3 is 11.9 Å². The zero-order valence-electron chi connectivity index (χ0n) is 13.1. The van der Waals surface area contributed by atoms with Crippen molar-refractivity contribution in [1.29, 1.82) is 0 Å². The Labute approximate surface area is 129 Å². The maximum absolute atomic E-state index is 11.7. The van der Waals surface area contributed by atoms with Gasteiger partial charge in [0.25, 0.3) is 0 Å². The summed E-state index contributed by atoms with van der Waals surface area (Å²) in [6.07, 6.45) is 0.839. The second-order valence-corrected chi connectivity index (χ2v) is 5.13. The van der Waals surface area contributed by atoms with Crippen molar-refractivity contribution >= 4 is 23.8 Å². The van der Waals surface area contributed by atoms with Crippen LogP contribution in [0.4, 0.5) is 0 Å². The molecule has 0 bridgehead atoms. The van der Waals surface area contributed by atoms with Gasteiger partial charge in [-0.2, -0.15) is 0 Å². The van der Waals surface area contributed by atoms with Crippen molar-refractivity contribution in [3.63, 3.8) is 0 Å². The quantitative estimate of drug-likeness (QED) is 0.570. The first kappa shape index (κ1) is 19.9. The van der Waals surface area contributed by atoms with E-state index in [1.165, 1.54) is 9.80 Å². The van der Waals surface area contributed by atoms with Gasteiger partial charge in [0.05, 0.1) is 0 Å². The van der Waals surface area contributed by atoms with E-state index in [2.05, 4.69) is 0 Å². The van der Waals surface area contributed by atoms with Crippen LogP contribution in [0, 0.1) is 0 Å². The highest BCUT2D eigenvalue weighted by Gasteiger charge is 2.13. The summed E-state index contributed by atoms with van der Waals surface area (Å²) in [4.78, 5) is 47.1. The molecule has 0 aliphatic carbocycles. The number of rotatable bonds is 11. The lowest BCUT2D eigenvalue weighted by molar-refractivity contribution is -0.139. The van der Waals surface area contributed by atoms with Gasteiger partial charge in [0.15, 0.2) is 0 Å². The van der Waals surface area contributed by atoms with Gasteiger partial charge in [0.1, 0.15) is 0 Å². The molecular formula is C14H24N2O6. The standard InChI is InChI=1S/C14H24N2O6/c1-15(11(17)5-3-7-13(19)20)9-10-16(2)12(18)6-4-8-14(21)22/h3-10H2,1-2H3,(H,19,20)(H,21,22). The lowest BCUT2D eigenvalue weighted by Gasteiger charge is -2.22. The topological polar surface area (TPSA) is 115 Å². The van der Waals surface area contributed by atoms with Crippen molar-refractivity contribution in [2.45, 2.75) is 38.5 Å². The van der Waals surface area contributed by atoms with E-state index in [4.69, 9.17) is 10.2 Å². The van der Waals surface area contributed by atoms with Crippen LogP contribution in [-0.4, -0.2) is 71.0 Å². The Balaban J connectivity index is 3.93. The molecule has 0 aliphatic rings. The van der Waals surface area contributed by atoms with Gasteiger partial charge in [0.2, 0.25) is 11.8 Å². The van der Waals surface area contributed by atoms with Crippen LogP contribution < -0.4 is 0 Å². The molecule has 0 aliphatic heterocycles. The number of carbonyl (C=O) groups is 4. The third kappa shape index (κ3) is 9.73. The Bertz CT molecular complexity index is 372. The highest BCUT2D eigenvalue weighted by Crippen LogP contribution is 2.02. The first-order valence-electron chi connectivity index (χ1n) is 7.15. The minimum absolute atomic E-state index is 0.0401. The zero-order valence-corrected chi connectivity index (χ0v) is 13.1. The lowest BCUT2D eigenvalue weighted by Crippen LogP contribution is -2.37. The Morgan fingerprint density at radius 1 is 0.682 bits per heavy atom. The second-order valence-electron chi connectivity index (χ2n) is 5.13. The van der Waals surface area contributed by atoms with Gasteiger partial charge in [0, 0.05) is 52.9 Å². The third-order valence-corrected chi connectivity index (χ3v) is 3.18. The highest BCUT2D eigenvalue weighted by atomic mass is 16.4. The fourth-order valence-corrected chi connectivity index (χ4v) is 1.71. The van der Waals surface area contributed by atoms with Crippen LogP contribution in [0.3, 0.4) is 0 Å². The number of carboxylic acids is 2. The van der Waals surface area contributed by atoms with Crippen LogP contribution in [0.1, 0.15) is 38.5 Å². The van der Waals surface area contributed by atoms with Gasteiger partial charge in [-0.1, -0.05) is 0 Å². The fourth-order valence-electron chi connectivity index (χ4n) is 1.71. The van der Waals surface area contributed by atoms with E-state index in [0.29, 0.717) is 25.9 Å². The van der Waals surface area contributed by atoms with E-state index in [1.54, 1.807) is 14.1 Å². The summed E-state index contributed by atoms with van der Waals surface area (Å²) >= 11 is 0. The van der Waals surface area contributed by atoms with Crippen molar-refractivity contribution in [2.75, 3.05) is 27.2 Å². The molecule has 0 rings (SSSR count). The normalized spacial score (nSPS) is 10.1. The maximum Gasteiger partial charge on any atom is 0.303 e. The van der Waals surface area contributed by atoms with E-state index < -0.39 is 11.9 Å². The van der Waals surface area contributed by atoms with E-state index >= 15 is 0 Å². The molecule has 0 unspecified atom stereocenters. The van der Waals surface area contributed by atoms with Crippen LogP contribution in [0.15, 0.2) is 0 Å². The minimum atomic E-state index is -0.929. The molecule has 0 saturated carbocycles. The van der Waals surface area contributed by atoms with E-state index in [9.17, 15) is 19.2 Å². The summed E-state index contributed by atoms with van der Waals surface area (Å²) < 4.78 is 0. The van der Waals surface area contributed by atoms with Crippen molar-refractivity contribution in [2.24, 2.45) is 0 Å². The number of hydrogen-bond acceptors (Lipinski definition) is 4. The summed E-state index contributed by atoms with van der Waals surface area (Å²) in [5.74, 6) is -2.18. The van der Waals surface area contributed by atoms with Crippen molar-refractivity contribution in [3.05, 3.63) is 0 Å². The molecule has 0 heterocycles. The lowest BCUT2D eigenvalue weighted by atomic mass is 10.2. The molecule has 0 atom stereocenters. The largest absolute Gasteiger partial charge is 0.481 e. The van der Waals surface area contributed by atoms with Gasteiger partial charge in [-0.25, -0.2) is 0 Å². The minimum Gasteiger partial charge on any atom is -0.481 e.